The second kappa shape index (κ2) is 7.89. The Bertz CT molecular complexity index is 1370. The minimum absolute atomic E-state index is 0.126. The van der Waals surface area contributed by atoms with Gasteiger partial charge in [0.2, 0.25) is 5.95 Å². The third-order valence-electron chi connectivity index (χ3n) is 5.39. The molecule has 5 rings (SSSR count). The fourth-order valence-electron chi connectivity index (χ4n) is 3.81. The summed E-state index contributed by atoms with van der Waals surface area (Å²) in [6.07, 6.45) is 2.28. The van der Waals surface area contributed by atoms with Gasteiger partial charge in [-0.15, -0.1) is 11.3 Å². The number of aromatic nitrogens is 2. The zero-order valence-electron chi connectivity index (χ0n) is 17.7. The lowest BCUT2D eigenvalue weighted by atomic mass is 9.94. The molecule has 0 saturated carbocycles. The first-order chi connectivity index (χ1) is 15.4. The predicted molar refractivity (Wildman–Crippen MR) is 127 cm³/mol. The topological polar surface area (TPSA) is 88.7 Å². The average molecular weight is 447 g/mol. The van der Waals surface area contributed by atoms with Crippen molar-refractivity contribution < 1.29 is 9.84 Å². The van der Waals surface area contributed by atoms with Crippen LogP contribution in [0.4, 0.5) is 5.95 Å². The van der Waals surface area contributed by atoms with Gasteiger partial charge in [0, 0.05) is 11.3 Å². The Kier molecular flexibility index (Phi) is 5.03. The van der Waals surface area contributed by atoms with E-state index >= 15 is 0 Å². The highest BCUT2D eigenvalue weighted by Crippen LogP contribution is 2.37. The van der Waals surface area contributed by atoms with Gasteiger partial charge in [0.15, 0.2) is 0 Å². The van der Waals surface area contributed by atoms with Gasteiger partial charge in [-0.3, -0.25) is 4.79 Å². The fraction of sp³-hybridized carbons (Fsp3) is 0.208. The normalized spacial score (nSPS) is 15.2. The van der Waals surface area contributed by atoms with Gasteiger partial charge in [-0.1, -0.05) is 18.2 Å². The lowest BCUT2D eigenvalue weighted by molar-refractivity contribution is -0.0379. The number of nitrogens with zero attached hydrogens (tertiary/aromatic N) is 3. The van der Waals surface area contributed by atoms with E-state index in [0.717, 1.165) is 16.0 Å². The smallest absolute Gasteiger partial charge is 0.268 e. The van der Waals surface area contributed by atoms with Crippen LogP contribution >= 0.6 is 11.3 Å². The molecule has 0 bridgehead atoms. The molecule has 0 atom stereocenters. The van der Waals surface area contributed by atoms with E-state index in [1.54, 1.807) is 35.0 Å². The number of rotatable bonds is 4. The van der Waals surface area contributed by atoms with Crippen LogP contribution in [0.25, 0.3) is 15.9 Å². The van der Waals surface area contributed by atoms with Crippen molar-refractivity contribution in [1.82, 2.24) is 9.55 Å². The molecule has 0 amide bonds. The number of phenols is 1. The molecule has 4 aromatic rings. The van der Waals surface area contributed by atoms with E-state index in [9.17, 15) is 9.90 Å². The molecule has 1 aliphatic heterocycles. The van der Waals surface area contributed by atoms with Gasteiger partial charge in [-0.25, -0.2) is 15.0 Å². The second-order valence-electron chi connectivity index (χ2n) is 8.28. The maximum atomic E-state index is 13.7. The molecular weight excluding hydrogens is 424 g/mol. The van der Waals surface area contributed by atoms with E-state index in [4.69, 9.17) is 9.72 Å². The minimum Gasteiger partial charge on any atom is -0.508 e. The van der Waals surface area contributed by atoms with Gasteiger partial charge < -0.3 is 9.84 Å². The van der Waals surface area contributed by atoms with Crippen LogP contribution in [0.1, 0.15) is 29.9 Å². The first-order valence-electron chi connectivity index (χ1n) is 10.3. The third-order valence-corrected chi connectivity index (χ3v) is 6.49. The highest BCUT2D eigenvalue weighted by atomic mass is 32.1. The second-order valence-corrected chi connectivity index (χ2v) is 9.37. The summed E-state index contributed by atoms with van der Waals surface area (Å²) >= 11 is 1.50. The number of benzene rings is 2. The molecule has 7 nitrogen and oxygen atoms in total. The van der Waals surface area contributed by atoms with Crippen molar-refractivity contribution >= 4 is 33.7 Å². The Morgan fingerprint density at radius 3 is 2.69 bits per heavy atom. The highest BCUT2D eigenvalue weighted by molar-refractivity contribution is 7.18. The van der Waals surface area contributed by atoms with Gasteiger partial charge in [-0.2, -0.15) is 5.10 Å². The Labute approximate surface area is 188 Å². The summed E-state index contributed by atoms with van der Waals surface area (Å²) < 4.78 is 7.51. The number of anilines is 1. The SMILES string of the molecule is CC1(C)Cc2c(sc3nc(N/N=C\c4ccc(O)cc4)n(-c4ccccc4)c(=O)c23)CO1. The Morgan fingerprint density at radius 2 is 1.94 bits per heavy atom. The maximum absolute atomic E-state index is 13.7. The number of hydrazone groups is 1. The molecular formula is C24H22N4O3S. The summed E-state index contributed by atoms with van der Waals surface area (Å²) in [6, 6.07) is 16.1. The minimum atomic E-state index is -0.323. The molecule has 0 fully saturated rings. The van der Waals surface area contributed by atoms with Crippen LogP contribution in [0.5, 0.6) is 5.75 Å². The Morgan fingerprint density at radius 1 is 1.19 bits per heavy atom. The number of ether oxygens (including phenoxy) is 1. The molecule has 8 heteroatoms. The van der Waals surface area contributed by atoms with Crippen LogP contribution in [-0.2, 0) is 17.8 Å². The van der Waals surface area contributed by atoms with Crippen LogP contribution in [0, 0.1) is 0 Å². The van der Waals surface area contributed by atoms with Crippen molar-refractivity contribution in [3.63, 3.8) is 0 Å². The molecule has 3 heterocycles. The van der Waals surface area contributed by atoms with E-state index in [-0.39, 0.29) is 16.9 Å². The van der Waals surface area contributed by atoms with Crippen molar-refractivity contribution in [3.8, 4) is 11.4 Å². The Balaban J connectivity index is 1.63. The molecule has 162 valence electrons. The summed E-state index contributed by atoms with van der Waals surface area (Å²) in [4.78, 5) is 20.2. The maximum Gasteiger partial charge on any atom is 0.268 e. The highest BCUT2D eigenvalue weighted by Gasteiger charge is 2.31. The largest absolute Gasteiger partial charge is 0.508 e. The summed E-state index contributed by atoms with van der Waals surface area (Å²) in [7, 11) is 0. The van der Waals surface area contributed by atoms with Crippen LogP contribution < -0.4 is 11.0 Å². The van der Waals surface area contributed by atoms with Crippen molar-refractivity contribution in [3.05, 3.63) is 81.0 Å². The number of thiophene rings is 1. The molecule has 0 spiro atoms. The van der Waals surface area contributed by atoms with Crippen molar-refractivity contribution in [2.24, 2.45) is 5.10 Å². The molecule has 1 aliphatic rings. The summed E-state index contributed by atoms with van der Waals surface area (Å²) in [6.45, 7) is 4.56. The monoisotopic (exact) mass is 446 g/mol. The van der Waals surface area contributed by atoms with E-state index in [1.807, 2.05) is 44.2 Å². The number of para-hydroxylation sites is 1. The van der Waals surface area contributed by atoms with E-state index in [2.05, 4.69) is 10.5 Å². The number of hydrogen-bond acceptors (Lipinski definition) is 7. The third kappa shape index (κ3) is 3.79. The van der Waals surface area contributed by atoms with Crippen LogP contribution in [0.3, 0.4) is 0 Å². The summed E-state index contributed by atoms with van der Waals surface area (Å²) in [5.41, 5.74) is 5.03. The van der Waals surface area contributed by atoms with Gasteiger partial charge in [0.1, 0.15) is 10.6 Å². The van der Waals surface area contributed by atoms with Crippen molar-refractivity contribution in [2.45, 2.75) is 32.5 Å². The molecule has 0 aliphatic carbocycles. The van der Waals surface area contributed by atoms with Crippen LogP contribution in [-0.4, -0.2) is 26.5 Å². The summed E-state index contributed by atoms with van der Waals surface area (Å²) in [5, 5.41) is 14.4. The van der Waals surface area contributed by atoms with E-state index in [0.29, 0.717) is 34.9 Å². The first-order valence-corrected chi connectivity index (χ1v) is 11.1. The first kappa shape index (κ1) is 20.4. The molecule has 0 radical (unpaired) electrons. The molecule has 32 heavy (non-hydrogen) atoms. The van der Waals surface area contributed by atoms with Gasteiger partial charge in [0.05, 0.1) is 29.5 Å². The van der Waals surface area contributed by atoms with Crippen LogP contribution in [0.2, 0.25) is 0 Å². The Hall–Kier alpha value is -3.49. The lowest BCUT2D eigenvalue weighted by Gasteiger charge is -2.29. The summed E-state index contributed by atoms with van der Waals surface area (Å²) in [5.74, 6) is 0.525. The van der Waals surface area contributed by atoms with E-state index in [1.165, 1.54) is 11.3 Å². The zero-order chi connectivity index (χ0) is 22.3. The fourth-order valence-corrected chi connectivity index (χ4v) is 4.90. The lowest BCUT2D eigenvalue weighted by Crippen LogP contribution is -2.32. The molecule has 2 aromatic heterocycles. The van der Waals surface area contributed by atoms with Crippen molar-refractivity contribution in [2.75, 3.05) is 5.43 Å². The standard InChI is InChI=1S/C24H22N4O3S/c1-24(2)12-18-19(14-31-24)32-21-20(18)22(30)28(16-6-4-3-5-7-16)23(26-21)27-25-13-15-8-10-17(29)11-9-15/h3-11,13,29H,12,14H2,1-2H3,(H,26,27)/b25-13-. The molecule has 2 N–H and O–H groups in total. The molecule has 2 aromatic carbocycles. The number of hydrogen-bond donors (Lipinski definition) is 2. The van der Waals surface area contributed by atoms with E-state index < -0.39 is 0 Å². The van der Waals surface area contributed by atoms with Gasteiger partial charge in [-0.05, 0) is 61.4 Å². The number of fused-ring (bicyclic) bond motifs is 3. The van der Waals surface area contributed by atoms with Crippen molar-refractivity contribution in [1.29, 1.82) is 0 Å². The molecule has 0 unspecified atom stereocenters. The van der Waals surface area contributed by atoms with Crippen LogP contribution in [0.15, 0.2) is 64.5 Å². The predicted octanol–water partition coefficient (Wildman–Crippen LogP) is 4.45. The number of phenolic OH excluding ortho intramolecular Hbond substituents is 1. The molecule has 0 saturated heterocycles. The quantitative estimate of drug-likeness (QED) is 0.357. The zero-order valence-corrected chi connectivity index (χ0v) is 18.5. The number of nitrogens with one attached hydrogen (secondary N) is 1. The average Bonchev–Trinajstić information content (AvgIpc) is 3.12. The van der Waals surface area contributed by atoms with Gasteiger partial charge >= 0.3 is 0 Å². The number of aromatic hydroxyl groups is 1. The van der Waals surface area contributed by atoms with Gasteiger partial charge in [0.25, 0.3) is 5.56 Å².